The second-order valence-electron chi connectivity index (χ2n) is 4.20. The van der Waals surface area contributed by atoms with Crippen molar-refractivity contribution < 1.29 is 24.3 Å². The Morgan fingerprint density at radius 2 is 2.00 bits per heavy atom. The molecule has 1 amide bonds. The van der Waals surface area contributed by atoms with E-state index in [2.05, 4.69) is 5.48 Å². The van der Waals surface area contributed by atoms with Crippen molar-refractivity contribution in [2.45, 2.75) is 25.6 Å². The highest BCUT2D eigenvalue weighted by Crippen LogP contribution is 2.13. The molecular weight excluding hydrogens is 250 g/mol. The number of aromatic carboxylic acids is 1. The molecule has 2 N–H and O–H groups in total. The summed E-state index contributed by atoms with van der Waals surface area (Å²) in [6, 6.07) is 5.96. The van der Waals surface area contributed by atoms with E-state index in [4.69, 9.17) is 14.7 Å². The van der Waals surface area contributed by atoms with E-state index in [9.17, 15) is 9.59 Å². The van der Waals surface area contributed by atoms with E-state index in [0.717, 1.165) is 12.8 Å². The molecular formula is C13H15NO5. The molecule has 0 spiro atoms. The van der Waals surface area contributed by atoms with E-state index in [1.165, 1.54) is 12.1 Å². The first-order chi connectivity index (χ1) is 9.18. The van der Waals surface area contributed by atoms with E-state index < -0.39 is 18.2 Å². The Morgan fingerprint density at radius 3 is 2.63 bits per heavy atom. The number of rotatable bonds is 4. The minimum atomic E-state index is -1.15. The minimum absolute atomic E-state index is 0.0609. The van der Waals surface area contributed by atoms with Gasteiger partial charge in [-0.25, -0.2) is 15.1 Å². The van der Waals surface area contributed by atoms with Gasteiger partial charge in [-0.3, -0.25) is 4.79 Å². The van der Waals surface area contributed by atoms with Gasteiger partial charge >= 0.3 is 5.97 Å². The molecule has 1 aromatic rings. The maximum atomic E-state index is 11.9. The van der Waals surface area contributed by atoms with Crippen molar-refractivity contribution in [1.82, 2.24) is 5.48 Å². The number of nitrogens with one attached hydrogen (secondary N) is 1. The minimum Gasteiger partial charge on any atom is -0.478 e. The molecule has 1 heterocycles. The van der Waals surface area contributed by atoms with Gasteiger partial charge < -0.3 is 9.84 Å². The molecule has 102 valence electrons. The van der Waals surface area contributed by atoms with Crippen LogP contribution in [0.3, 0.4) is 0 Å². The van der Waals surface area contributed by atoms with E-state index in [1.807, 2.05) is 0 Å². The predicted molar refractivity (Wildman–Crippen MR) is 65.5 cm³/mol. The monoisotopic (exact) mass is 265 g/mol. The standard InChI is InChI=1S/C13H15NO5/c15-12(14-19-11-7-3-4-8-18-11)9-5-1-2-6-10(9)13(16)17/h1-2,5-6,11H,3-4,7-8H2,(H,14,15)(H,16,17). The molecule has 1 aliphatic heterocycles. The SMILES string of the molecule is O=C(O)c1ccccc1C(=O)NOC1CCCCO1. The highest BCUT2D eigenvalue weighted by molar-refractivity contribution is 6.04. The highest BCUT2D eigenvalue weighted by atomic mass is 16.8. The maximum Gasteiger partial charge on any atom is 0.336 e. The number of carbonyl (C=O) groups excluding carboxylic acids is 1. The number of carboxylic acids is 1. The summed E-state index contributed by atoms with van der Waals surface area (Å²) in [6.45, 7) is 0.603. The molecule has 1 saturated heterocycles. The molecule has 1 unspecified atom stereocenters. The van der Waals surface area contributed by atoms with E-state index in [-0.39, 0.29) is 11.1 Å². The van der Waals surface area contributed by atoms with Gasteiger partial charge in [0.2, 0.25) is 0 Å². The smallest absolute Gasteiger partial charge is 0.336 e. The average molecular weight is 265 g/mol. The zero-order chi connectivity index (χ0) is 13.7. The fraction of sp³-hybridized carbons (Fsp3) is 0.385. The van der Waals surface area contributed by atoms with Gasteiger partial charge in [0.25, 0.3) is 5.91 Å². The lowest BCUT2D eigenvalue weighted by Crippen LogP contribution is -2.33. The Kier molecular flexibility index (Phi) is 4.48. The van der Waals surface area contributed by atoms with Crippen LogP contribution in [0.4, 0.5) is 0 Å². The van der Waals surface area contributed by atoms with Gasteiger partial charge in [-0.05, 0) is 25.0 Å². The lowest BCUT2D eigenvalue weighted by Gasteiger charge is -2.22. The van der Waals surface area contributed by atoms with Crippen molar-refractivity contribution in [3.05, 3.63) is 35.4 Å². The van der Waals surface area contributed by atoms with E-state index in [0.29, 0.717) is 13.0 Å². The summed E-state index contributed by atoms with van der Waals surface area (Å²) in [7, 11) is 0. The van der Waals surface area contributed by atoms with Crippen LogP contribution >= 0.6 is 0 Å². The van der Waals surface area contributed by atoms with Crippen LogP contribution in [0.5, 0.6) is 0 Å². The Balaban J connectivity index is 1.97. The number of hydrogen-bond acceptors (Lipinski definition) is 4. The Hall–Kier alpha value is -1.92. The number of benzene rings is 1. The summed E-state index contributed by atoms with van der Waals surface area (Å²) < 4.78 is 5.29. The fourth-order valence-corrected chi connectivity index (χ4v) is 1.85. The Labute approximate surface area is 110 Å². The van der Waals surface area contributed by atoms with Crippen molar-refractivity contribution >= 4 is 11.9 Å². The zero-order valence-electron chi connectivity index (χ0n) is 10.3. The fourth-order valence-electron chi connectivity index (χ4n) is 1.85. The normalized spacial score (nSPS) is 18.8. The highest BCUT2D eigenvalue weighted by Gasteiger charge is 2.19. The molecule has 0 saturated carbocycles. The van der Waals surface area contributed by atoms with Crippen molar-refractivity contribution in [2.75, 3.05) is 6.61 Å². The molecule has 0 aliphatic carbocycles. The third-order valence-corrected chi connectivity index (χ3v) is 2.82. The first-order valence-corrected chi connectivity index (χ1v) is 6.08. The Bertz CT molecular complexity index is 468. The van der Waals surface area contributed by atoms with Crippen LogP contribution < -0.4 is 5.48 Å². The predicted octanol–water partition coefficient (Wildman–Crippen LogP) is 1.57. The summed E-state index contributed by atoms with van der Waals surface area (Å²) in [5, 5.41) is 8.99. The van der Waals surface area contributed by atoms with Gasteiger partial charge in [0.15, 0.2) is 6.29 Å². The molecule has 0 radical (unpaired) electrons. The van der Waals surface area contributed by atoms with Crippen LogP contribution in [-0.2, 0) is 9.57 Å². The first-order valence-electron chi connectivity index (χ1n) is 6.08. The number of ether oxygens (including phenoxy) is 1. The summed E-state index contributed by atoms with van der Waals surface area (Å²) >= 11 is 0. The van der Waals surface area contributed by atoms with Gasteiger partial charge in [0, 0.05) is 13.0 Å². The summed E-state index contributed by atoms with van der Waals surface area (Å²) in [5.74, 6) is -1.74. The largest absolute Gasteiger partial charge is 0.478 e. The Morgan fingerprint density at radius 1 is 1.26 bits per heavy atom. The lowest BCUT2D eigenvalue weighted by molar-refractivity contribution is -0.186. The van der Waals surface area contributed by atoms with Crippen LogP contribution in [0.25, 0.3) is 0 Å². The molecule has 6 nitrogen and oxygen atoms in total. The van der Waals surface area contributed by atoms with Crippen molar-refractivity contribution in [2.24, 2.45) is 0 Å². The van der Waals surface area contributed by atoms with Gasteiger partial charge in [0.05, 0.1) is 11.1 Å². The van der Waals surface area contributed by atoms with Crippen LogP contribution in [0.1, 0.15) is 40.0 Å². The van der Waals surface area contributed by atoms with Crippen molar-refractivity contribution in [3.63, 3.8) is 0 Å². The summed E-state index contributed by atoms with van der Waals surface area (Å²) in [6.07, 6.45) is 2.21. The number of hydrogen-bond donors (Lipinski definition) is 2. The van der Waals surface area contributed by atoms with Gasteiger partial charge in [0.1, 0.15) is 0 Å². The second-order valence-corrected chi connectivity index (χ2v) is 4.20. The second kappa shape index (κ2) is 6.31. The van der Waals surface area contributed by atoms with Gasteiger partial charge in [-0.1, -0.05) is 12.1 Å². The zero-order valence-corrected chi connectivity index (χ0v) is 10.3. The number of amides is 1. The van der Waals surface area contributed by atoms with Gasteiger partial charge in [-0.15, -0.1) is 0 Å². The van der Waals surface area contributed by atoms with Crippen LogP contribution in [0.2, 0.25) is 0 Å². The number of hydroxylamine groups is 1. The third kappa shape index (κ3) is 3.52. The molecule has 6 heteroatoms. The van der Waals surface area contributed by atoms with E-state index >= 15 is 0 Å². The molecule has 1 aliphatic rings. The maximum absolute atomic E-state index is 11.9. The summed E-state index contributed by atoms with van der Waals surface area (Å²) in [5.41, 5.74) is 2.24. The molecule has 1 fully saturated rings. The van der Waals surface area contributed by atoms with Gasteiger partial charge in [-0.2, -0.15) is 0 Å². The third-order valence-electron chi connectivity index (χ3n) is 2.82. The van der Waals surface area contributed by atoms with E-state index in [1.54, 1.807) is 12.1 Å². The molecule has 0 bridgehead atoms. The topological polar surface area (TPSA) is 84.9 Å². The number of carboxylic acid groups (broad SMARTS) is 1. The molecule has 1 aromatic carbocycles. The quantitative estimate of drug-likeness (QED) is 0.807. The van der Waals surface area contributed by atoms with Crippen LogP contribution in [0, 0.1) is 0 Å². The number of carbonyl (C=O) groups is 2. The van der Waals surface area contributed by atoms with Crippen LogP contribution in [-0.4, -0.2) is 29.9 Å². The van der Waals surface area contributed by atoms with Crippen molar-refractivity contribution in [1.29, 1.82) is 0 Å². The molecule has 2 rings (SSSR count). The van der Waals surface area contributed by atoms with Crippen molar-refractivity contribution in [3.8, 4) is 0 Å². The first kappa shape index (κ1) is 13.5. The average Bonchev–Trinajstić information content (AvgIpc) is 2.46. The molecule has 1 atom stereocenters. The summed E-state index contributed by atoms with van der Waals surface area (Å²) in [4.78, 5) is 28.0. The lowest BCUT2D eigenvalue weighted by atomic mass is 10.1. The van der Waals surface area contributed by atoms with Crippen LogP contribution in [0.15, 0.2) is 24.3 Å². The molecule has 19 heavy (non-hydrogen) atoms. The molecule has 0 aromatic heterocycles.